The second-order valence-electron chi connectivity index (χ2n) is 5.81. The number of fused-ring (bicyclic) bond motifs is 1. The average molecular weight is 375 g/mol. The first-order valence-electron chi connectivity index (χ1n) is 8.00. The van der Waals surface area contributed by atoms with E-state index in [1.807, 2.05) is 0 Å². The summed E-state index contributed by atoms with van der Waals surface area (Å²) in [7, 11) is 1.63. The Bertz CT molecular complexity index is 1030. The zero-order valence-corrected chi connectivity index (χ0v) is 14.8. The summed E-state index contributed by atoms with van der Waals surface area (Å²) in [4.78, 5) is 28.7. The maximum Gasteiger partial charge on any atom is 0.306 e. The molecule has 5 nitrogen and oxygen atoms in total. The van der Waals surface area contributed by atoms with Crippen LogP contribution in [-0.2, 0) is 29.6 Å². The van der Waals surface area contributed by atoms with Crippen LogP contribution in [0.2, 0.25) is 5.02 Å². The topological polar surface area (TPSA) is 61.2 Å². The molecule has 0 radical (unpaired) electrons. The molecule has 26 heavy (non-hydrogen) atoms. The molecule has 2 aromatic carbocycles. The number of hydrogen-bond acceptors (Lipinski definition) is 4. The molecular formula is C19H16ClFN2O3. The number of carbonyl (C=O) groups is 1. The van der Waals surface area contributed by atoms with Crippen molar-refractivity contribution in [3.8, 4) is 0 Å². The van der Waals surface area contributed by atoms with Crippen molar-refractivity contribution in [1.29, 1.82) is 0 Å². The van der Waals surface area contributed by atoms with Gasteiger partial charge in [0.15, 0.2) is 0 Å². The molecule has 0 aliphatic heterocycles. The number of esters is 1. The fraction of sp³-hybridized carbons (Fsp3) is 0.211. The number of para-hydroxylation sites is 1. The summed E-state index contributed by atoms with van der Waals surface area (Å²) in [5.41, 5.74) is 0.965. The van der Waals surface area contributed by atoms with Crippen LogP contribution in [0.25, 0.3) is 10.9 Å². The molecule has 0 amide bonds. The lowest BCUT2D eigenvalue weighted by molar-refractivity contribution is -0.144. The Balaban J connectivity index is 1.65. The summed E-state index contributed by atoms with van der Waals surface area (Å²) in [5, 5.41) is 0.740. The van der Waals surface area contributed by atoms with Gasteiger partial charge >= 0.3 is 5.97 Å². The minimum atomic E-state index is -0.451. The first-order chi connectivity index (χ1) is 12.5. The maximum atomic E-state index is 13.0. The quantitative estimate of drug-likeness (QED) is 0.642. The van der Waals surface area contributed by atoms with Crippen molar-refractivity contribution in [1.82, 2.24) is 9.55 Å². The zero-order chi connectivity index (χ0) is 18.7. The van der Waals surface area contributed by atoms with Gasteiger partial charge in [0, 0.05) is 19.0 Å². The van der Waals surface area contributed by atoms with Crippen LogP contribution in [0.1, 0.15) is 17.8 Å². The molecule has 0 fully saturated rings. The molecular weight excluding hydrogens is 359 g/mol. The van der Waals surface area contributed by atoms with E-state index in [4.69, 9.17) is 16.3 Å². The number of ether oxygens (including phenoxy) is 1. The van der Waals surface area contributed by atoms with Crippen LogP contribution >= 0.6 is 11.6 Å². The smallest absolute Gasteiger partial charge is 0.306 e. The van der Waals surface area contributed by atoms with Gasteiger partial charge in [-0.15, -0.1) is 0 Å². The first kappa shape index (κ1) is 18.1. The van der Waals surface area contributed by atoms with Gasteiger partial charge in [0.2, 0.25) is 0 Å². The van der Waals surface area contributed by atoms with Crippen LogP contribution in [0.4, 0.5) is 4.39 Å². The molecule has 0 aliphatic rings. The molecule has 7 heteroatoms. The molecule has 0 saturated carbocycles. The molecule has 0 spiro atoms. The number of nitrogens with zero attached hydrogens (tertiary/aromatic N) is 2. The van der Waals surface area contributed by atoms with Crippen LogP contribution in [-0.4, -0.2) is 15.5 Å². The highest BCUT2D eigenvalue weighted by atomic mass is 35.5. The van der Waals surface area contributed by atoms with E-state index in [1.165, 1.54) is 22.8 Å². The fourth-order valence-electron chi connectivity index (χ4n) is 2.57. The lowest BCUT2D eigenvalue weighted by atomic mass is 10.2. The van der Waals surface area contributed by atoms with Crippen LogP contribution in [0.15, 0.2) is 47.3 Å². The van der Waals surface area contributed by atoms with Gasteiger partial charge in [0.05, 0.1) is 22.3 Å². The van der Waals surface area contributed by atoms with Gasteiger partial charge in [-0.3, -0.25) is 14.2 Å². The monoisotopic (exact) mass is 374 g/mol. The predicted molar refractivity (Wildman–Crippen MR) is 96.5 cm³/mol. The minimum Gasteiger partial charge on any atom is -0.461 e. The van der Waals surface area contributed by atoms with Crippen molar-refractivity contribution < 1.29 is 13.9 Å². The van der Waals surface area contributed by atoms with E-state index in [-0.39, 0.29) is 30.0 Å². The largest absolute Gasteiger partial charge is 0.461 e. The lowest BCUT2D eigenvalue weighted by Crippen LogP contribution is -2.23. The molecule has 1 heterocycles. The summed E-state index contributed by atoms with van der Waals surface area (Å²) in [6, 6.07) is 11.0. The van der Waals surface area contributed by atoms with Gasteiger partial charge in [-0.2, -0.15) is 0 Å². The number of hydrogen-bond donors (Lipinski definition) is 0. The molecule has 0 atom stereocenters. The highest BCUT2D eigenvalue weighted by Crippen LogP contribution is 2.18. The number of benzene rings is 2. The van der Waals surface area contributed by atoms with Crippen molar-refractivity contribution in [2.75, 3.05) is 0 Å². The number of carbonyl (C=O) groups excluding carboxylic acids is 1. The summed E-state index contributed by atoms with van der Waals surface area (Å²) < 4.78 is 19.6. The highest BCUT2D eigenvalue weighted by Gasteiger charge is 2.11. The Hall–Kier alpha value is -2.73. The molecule has 1 aromatic heterocycles. The summed E-state index contributed by atoms with van der Waals surface area (Å²) in [5.74, 6) is -0.397. The molecule has 0 bridgehead atoms. The van der Waals surface area contributed by atoms with Gasteiger partial charge in [0.1, 0.15) is 18.2 Å². The number of aromatic nitrogens is 2. The van der Waals surface area contributed by atoms with Crippen LogP contribution in [0.3, 0.4) is 0 Å². The SMILES string of the molecule is Cn1c(CCC(=O)OCc2ccc(F)cc2Cl)nc2ccccc2c1=O. The standard InChI is InChI=1S/C19H16ClFN2O3/c1-23-17(22-16-5-3-2-4-14(16)19(23)25)8-9-18(24)26-11-12-6-7-13(21)10-15(12)20/h2-7,10H,8-9,11H2,1H3. The van der Waals surface area contributed by atoms with E-state index in [1.54, 1.807) is 31.3 Å². The van der Waals surface area contributed by atoms with E-state index in [0.717, 1.165) is 0 Å². The number of halogens is 2. The molecule has 0 saturated heterocycles. The van der Waals surface area contributed by atoms with E-state index >= 15 is 0 Å². The Morgan fingerprint density at radius 2 is 2.04 bits per heavy atom. The van der Waals surface area contributed by atoms with Crippen LogP contribution in [0.5, 0.6) is 0 Å². The third kappa shape index (κ3) is 3.91. The second kappa shape index (κ2) is 7.66. The van der Waals surface area contributed by atoms with Gasteiger partial charge in [0.25, 0.3) is 5.56 Å². The Labute approximate surface area is 154 Å². The van der Waals surface area contributed by atoms with Crippen molar-refractivity contribution in [2.24, 2.45) is 7.05 Å². The maximum absolute atomic E-state index is 13.0. The van der Waals surface area contributed by atoms with E-state index in [2.05, 4.69) is 4.98 Å². The molecule has 3 aromatic rings. The first-order valence-corrected chi connectivity index (χ1v) is 8.37. The fourth-order valence-corrected chi connectivity index (χ4v) is 2.79. The van der Waals surface area contributed by atoms with Crippen LogP contribution in [0, 0.1) is 5.82 Å². The van der Waals surface area contributed by atoms with Gasteiger partial charge in [-0.25, -0.2) is 9.37 Å². The van der Waals surface area contributed by atoms with Crippen molar-refractivity contribution in [3.63, 3.8) is 0 Å². The van der Waals surface area contributed by atoms with Crippen molar-refractivity contribution in [2.45, 2.75) is 19.4 Å². The van der Waals surface area contributed by atoms with Crippen LogP contribution < -0.4 is 5.56 Å². The molecule has 134 valence electrons. The van der Waals surface area contributed by atoms with Crippen molar-refractivity contribution in [3.05, 3.63) is 75.0 Å². The predicted octanol–water partition coefficient (Wildman–Crippen LogP) is 3.40. The number of aryl methyl sites for hydroxylation is 1. The van der Waals surface area contributed by atoms with Crippen molar-refractivity contribution >= 4 is 28.5 Å². The average Bonchev–Trinajstić information content (AvgIpc) is 2.63. The van der Waals surface area contributed by atoms with Gasteiger partial charge in [-0.1, -0.05) is 29.8 Å². The summed E-state index contributed by atoms with van der Waals surface area (Å²) >= 11 is 5.90. The van der Waals surface area contributed by atoms with Gasteiger partial charge in [-0.05, 0) is 24.3 Å². The minimum absolute atomic E-state index is 0.0397. The van der Waals surface area contributed by atoms with E-state index in [0.29, 0.717) is 22.3 Å². The third-order valence-electron chi connectivity index (χ3n) is 4.03. The molecule has 3 rings (SSSR count). The lowest BCUT2D eigenvalue weighted by Gasteiger charge is -2.10. The van der Waals surface area contributed by atoms with Gasteiger partial charge < -0.3 is 4.74 Å². The number of rotatable bonds is 5. The summed E-state index contributed by atoms with van der Waals surface area (Å²) in [6.07, 6.45) is 0.337. The Morgan fingerprint density at radius 3 is 2.81 bits per heavy atom. The second-order valence-corrected chi connectivity index (χ2v) is 6.21. The molecule has 0 unspecified atom stereocenters. The summed E-state index contributed by atoms with van der Waals surface area (Å²) in [6.45, 7) is -0.0397. The van der Waals surface area contributed by atoms with E-state index in [9.17, 15) is 14.0 Å². The normalized spacial score (nSPS) is 10.9. The highest BCUT2D eigenvalue weighted by molar-refractivity contribution is 6.31. The Kier molecular flexibility index (Phi) is 5.32. The third-order valence-corrected chi connectivity index (χ3v) is 4.38. The molecule has 0 aliphatic carbocycles. The molecule has 0 N–H and O–H groups in total. The zero-order valence-electron chi connectivity index (χ0n) is 14.0. The van der Waals surface area contributed by atoms with E-state index < -0.39 is 11.8 Å². The Morgan fingerprint density at radius 1 is 1.27 bits per heavy atom.